The average molecular weight is 449 g/mol. The van der Waals surface area contributed by atoms with Crippen LogP contribution in [0.4, 0.5) is 4.79 Å². The molecule has 0 aromatic carbocycles. The summed E-state index contributed by atoms with van der Waals surface area (Å²) in [6.07, 6.45) is 6.85. The van der Waals surface area contributed by atoms with Crippen molar-refractivity contribution in [3.63, 3.8) is 0 Å². The Morgan fingerprint density at radius 2 is 2.03 bits per heavy atom. The zero-order valence-electron chi connectivity index (χ0n) is 19.4. The predicted molar refractivity (Wildman–Crippen MR) is 120 cm³/mol. The van der Waals surface area contributed by atoms with Crippen LogP contribution >= 0.6 is 0 Å². The van der Waals surface area contributed by atoms with Gasteiger partial charge in [0, 0.05) is 50.6 Å². The standard InChI is InChI=1S/C23H36N4O5/c1-4-31-22(29)25-16-5-7-18(8-6-16)32-19-13-17(27-9-11-30-12-10-27)14-23(2)21(19)26(3)20(28)15-24-23/h13,15-16,18,20,28H,4-12,14H2,1-3H3,(H,25,29). The van der Waals surface area contributed by atoms with E-state index in [1.54, 1.807) is 13.1 Å². The zero-order chi connectivity index (χ0) is 22.7. The first-order chi connectivity index (χ1) is 15.4. The van der Waals surface area contributed by atoms with Crippen LogP contribution in [0, 0.1) is 0 Å². The molecule has 0 aromatic heterocycles. The number of alkyl carbamates (subject to hydrolysis) is 1. The second-order valence-electron chi connectivity index (χ2n) is 9.16. The maximum atomic E-state index is 11.7. The second-order valence-corrected chi connectivity index (χ2v) is 9.16. The van der Waals surface area contributed by atoms with E-state index in [4.69, 9.17) is 19.2 Å². The van der Waals surface area contributed by atoms with Gasteiger partial charge >= 0.3 is 6.09 Å². The summed E-state index contributed by atoms with van der Waals surface area (Å²) in [4.78, 5) is 20.7. The van der Waals surface area contributed by atoms with Crippen LogP contribution in [0.5, 0.6) is 0 Å². The van der Waals surface area contributed by atoms with E-state index in [0.29, 0.717) is 6.61 Å². The Kier molecular flexibility index (Phi) is 6.95. The predicted octanol–water partition coefficient (Wildman–Crippen LogP) is 1.98. The Hall–Kier alpha value is -2.26. The lowest BCUT2D eigenvalue weighted by atomic mass is 9.84. The maximum Gasteiger partial charge on any atom is 0.407 e. The van der Waals surface area contributed by atoms with Crippen LogP contribution in [-0.4, -0.2) is 91.1 Å². The maximum absolute atomic E-state index is 11.7. The van der Waals surface area contributed by atoms with Crippen LogP contribution in [0.15, 0.2) is 28.2 Å². The van der Waals surface area contributed by atoms with Crippen molar-refractivity contribution in [2.45, 2.75) is 69.9 Å². The van der Waals surface area contributed by atoms with Gasteiger partial charge in [-0.1, -0.05) is 0 Å². The first-order valence-corrected chi connectivity index (χ1v) is 11.7. The van der Waals surface area contributed by atoms with Crippen molar-refractivity contribution in [3.8, 4) is 0 Å². The summed E-state index contributed by atoms with van der Waals surface area (Å²) < 4.78 is 17.1. The van der Waals surface area contributed by atoms with Gasteiger partial charge in [-0.15, -0.1) is 0 Å². The average Bonchev–Trinajstić information content (AvgIpc) is 2.78. The number of aliphatic hydroxyl groups is 1. The highest BCUT2D eigenvalue weighted by atomic mass is 16.5. The molecule has 1 saturated heterocycles. The lowest BCUT2D eigenvalue weighted by Crippen LogP contribution is -2.50. The fourth-order valence-corrected chi connectivity index (χ4v) is 5.08. The highest BCUT2D eigenvalue weighted by molar-refractivity contribution is 5.67. The van der Waals surface area contributed by atoms with E-state index in [1.807, 2.05) is 11.9 Å². The normalized spacial score (nSPS) is 32.9. The minimum absolute atomic E-state index is 0.0544. The number of morpholine rings is 1. The molecule has 0 radical (unpaired) electrons. The summed E-state index contributed by atoms with van der Waals surface area (Å²) >= 11 is 0. The molecule has 2 atom stereocenters. The Labute approximate surface area is 190 Å². The van der Waals surface area contributed by atoms with Gasteiger partial charge in [0.15, 0.2) is 6.23 Å². The smallest absolute Gasteiger partial charge is 0.407 e. The summed E-state index contributed by atoms with van der Waals surface area (Å²) in [6, 6.07) is 0.117. The van der Waals surface area contributed by atoms with E-state index in [-0.39, 0.29) is 18.2 Å². The topological polar surface area (TPSA) is 95.9 Å². The molecule has 4 rings (SSSR count). The van der Waals surface area contributed by atoms with Crippen molar-refractivity contribution in [2.24, 2.45) is 4.99 Å². The van der Waals surface area contributed by atoms with Crippen molar-refractivity contribution in [2.75, 3.05) is 40.0 Å². The SMILES string of the molecule is CCOC(=O)NC1CCC(OC2=C3N(C)C(O)C=NC3(C)CC(N3CCOCC3)=C2)CC1. The number of fused-ring (bicyclic) bond motifs is 1. The largest absolute Gasteiger partial charge is 0.488 e. The number of rotatable bonds is 5. The fourth-order valence-electron chi connectivity index (χ4n) is 5.08. The van der Waals surface area contributed by atoms with Gasteiger partial charge in [0.1, 0.15) is 11.3 Å². The number of carbonyl (C=O) groups is 1. The molecule has 2 N–H and O–H groups in total. The summed E-state index contributed by atoms with van der Waals surface area (Å²) in [5.74, 6) is 0.792. The first kappa shape index (κ1) is 22.9. The number of ether oxygens (including phenoxy) is 3. The van der Waals surface area contributed by atoms with Gasteiger partial charge in [-0.25, -0.2) is 4.79 Å². The van der Waals surface area contributed by atoms with E-state index in [2.05, 4.69) is 23.2 Å². The lowest BCUT2D eigenvalue weighted by Gasteiger charge is -2.46. The molecule has 2 fully saturated rings. The van der Waals surface area contributed by atoms with E-state index >= 15 is 0 Å². The summed E-state index contributed by atoms with van der Waals surface area (Å²) in [7, 11) is 1.89. The molecule has 9 nitrogen and oxygen atoms in total. The fraction of sp³-hybridized carbons (Fsp3) is 0.739. The van der Waals surface area contributed by atoms with Gasteiger partial charge in [-0.2, -0.15) is 0 Å². The van der Waals surface area contributed by atoms with Crippen LogP contribution in [0.2, 0.25) is 0 Å². The first-order valence-electron chi connectivity index (χ1n) is 11.7. The van der Waals surface area contributed by atoms with Gasteiger partial charge in [0.05, 0.1) is 31.6 Å². The number of allylic oxidation sites excluding steroid dienone is 1. The molecule has 4 aliphatic rings. The van der Waals surface area contributed by atoms with Gasteiger partial charge in [-0.3, -0.25) is 4.99 Å². The molecule has 2 aliphatic heterocycles. The molecule has 0 bridgehead atoms. The van der Waals surface area contributed by atoms with E-state index < -0.39 is 11.8 Å². The minimum atomic E-state index is -0.764. The minimum Gasteiger partial charge on any atom is -0.488 e. The molecule has 1 amide bonds. The van der Waals surface area contributed by atoms with Crippen LogP contribution in [0.1, 0.15) is 46.0 Å². The molecule has 178 valence electrons. The van der Waals surface area contributed by atoms with Crippen LogP contribution in [0.25, 0.3) is 0 Å². The molecular weight excluding hydrogens is 412 g/mol. The van der Waals surface area contributed by atoms with Crippen LogP contribution in [-0.2, 0) is 14.2 Å². The number of carbonyl (C=O) groups excluding carboxylic acids is 1. The third-order valence-electron chi connectivity index (χ3n) is 6.79. The molecule has 2 unspecified atom stereocenters. The third-order valence-corrected chi connectivity index (χ3v) is 6.79. The second kappa shape index (κ2) is 9.70. The Balaban J connectivity index is 1.51. The Bertz CT molecular complexity index is 783. The summed E-state index contributed by atoms with van der Waals surface area (Å²) in [6.45, 7) is 7.45. The van der Waals surface area contributed by atoms with Crippen molar-refractivity contribution in [1.82, 2.24) is 15.1 Å². The Morgan fingerprint density at radius 1 is 1.31 bits per heavy atom. The number of aliphatic hydroxyl groups excluding tert-OH is 1. The van der Waals surface area contributed by atoms with Gasteiger partial charge in [-0.05, 0) is 39.5 Å². The van der Waals surface area contributed by atoms with Crippen molar-refractivity contribution < 1.29 is 24.1 Å². The molecule has 0 spiro atoms. The van der Waals surface area contributed by atoms with Gasteiger partial charge < -0.3 is 34.4 Å². The van der Waals surface area contributed by atoms with Gasteiger partial charge in [0.25, 0.3) is 0 Å². The third kappa shape index (κ3) is 4.88. The highest BCUT2D eigenvalue weighted by Gasteiger charge is 2.43. The monoisotopic (exact) mass is 448 g/mol. The Morgan fingerprint density at radius 3 is 2.72 bits per heavy atom. The van der Waals surface area contributed by atoms with E-state index in [9.17, 15) is 9.90 Å². The number of likely N-dealkylation sites (N-methyl/N-ethyl adjacent to an activating group) is 1. The number of hydrogen-bond acceptors (Lipinski definition) is 8. The summed E-state index contributed by atoms with van der Waals surface area (Å²) in [5, 5.41) is 13.4. The quantitative estimate of drug-likeness (QED) is 0.664. The number of nitrogens with one attached hydrogen (secondary N) is 1. The molecule has 2 heterocycles. The van der Waals surface area contributed by atoms with Crippen LogP contribution in [0.3, 0.4) is 0 Å². The van der Waals surface area contributed by atoms with Gasteiger partial charge in [0.2, 0.25) is 0 Å². The van der Waals surface area contributed by atoms with E-state index in [0.717, 1.165) is 69.9 Å². The van der Waals surface area contributed by atoms with E-state index in [1.165, 1.54) is 5.70 Å². The van der Waals surface area contributed by atoms with Crippen molar-refractivity contribution in [3.05, 3.63) is 23.2 Å². The van der Waals surface area contributed by atoms with Crippen molar-refractivity contribution in [1.29, 1.82) is 0 Å². The van der Waals surface area contributed by atoms with Crippen LogP contribution < -0.4 is 5.32 Å². The number of hydrogen-bond donors (Lipinski definition) is 2. The molecule has 9 heteroatoms. The van der Waals surface area contributed by atoms with Crippen molar-refractivity contribution >= 4 is 12.3 Å². The molecule has 1 saturated carbocycles. The molecular formula is C23H36N4O5. The number of nitrogens with zero attached hydrogens (tertiary/aromatic N) is 3. The molecule has 0 aromatic rings. The number of aliphatic imine (C=N–C) groups is 1. The zero-order valence-corrected chi connectivity index (χ0v) is 19.4. The highest BCUT2D eigenvalue weighted by Crippen LogP contribution is 2.42. The number of amides is 1. The lowest BCUT2D eigenvalue weighted by molar-refractivity contribution is 0.0366. The summed E-state index contributed by atoms with van der Waals surface area (Å²) in [5.41, 5.74) is 1.65. The molecule has 2 aliphatic carbocycles. The molecule has 32 heavy (non-hydrogen) atoms.